The number of imidazole rings is 1. The van der Waals surface area contributed by atoms with E-state index in [1.807, 2.05) is 30.6 Å². The second kappa shape index (κ2) is 6.49. The first-order valence-corrected chi connectivity index (χ1v) is 11.7. The van der Waals surface area contributed by atoms with Crippen molar-refractivity contribution in [3.05, 3.63) is 35.6 Å². The third-order valence-corrected chi connectivity index (χ3v) is 7.78. The van der Waals surface area contributed by atoms with E-state index in [-0.39, 0.29) is 17.4 Å². The second-order valence-corrected chi connectivity index (χ2v) is 10.2. The number of aromatic nitrogens is 6. The van der Waals surface area contributed by atoms with Gasteiger partial charge in [-0.2, -0.15) is 5.10 Å². The number of hydrogen-bond acceptors (Lipinski definition) is 7. The molecule has 28 heavy (non-hydrogen) atoms. The van der Waals surface area contributed by atoms with E-state index < -0.39 is 9.84 Å². The van der Waals surface area contributed by atoms with Crippen LogP contribution in [0.25, 0.3) is 33.3 Å². The number of hydrogen-bond donors (Lipinski definition) is 1. The molecule has 0 aliphatic carbocycles. The summed E-state index contributed by atoms with van der Waals surface area (Å²) in [6.45, 7) is 2.63. The molecule has 8 nitrogen and oxygen atoms in total. The third-order valence-electron chi connectivity index (χ3n) is 5.10. The maximum Gasteiger partial charge on any atom is 0.181 e. The van der Waals surface area contributed by atoms with Gasteiger partial charge in [0.05, 0.1) is 17.2 Å². The van der Waals surface area contributed by atoms with Crippen LogP contribution in [0.15, 0.2) is 29.9 Å². The Bertz CT molecular complexity index is 1270. The van der Waals surface area contributed by atoms with Crippen molar-refractivity contribution >= 4 is 32.2 Å². The Morgan fingerprint density at radius 3 is 3.07 bits per heavy atom. The van der Waals surface area contributed by atoms with E-state index in [4.69, 9.17) is 4.98 Å². The van der Waals surface area contributed by atoms with E-state index in [0.717, 1.165) is 33.3 Å². The molecule has 0 saturated carbocycles. The molecule has 5 heterocycles. The second-order valence-electron chi connectivity index (χ2n) is 7.11. The predicted octanol–water partition coefficient (Wildman–Crippen LogP) is 2.69. The van der Waals surface area contributed by atoms with E-state index in [0.29, 0.717) is 18.6 Å². The highest BCUT2D eigenvalue weighted by Gasteiger charge is 2.29. The van der Waals surface area contributed by atoms with Crippen molar-refractivity contribution in [1.82, 2.24) is 29.7 Å². The van der Waals surface area contributed by atoms with Crippen LogP contribution in [0.4, 0.5) is 0 Å². The number of H-pyrrole nitrogens is 1. The number of pyridine rings is 1. The summed E-state index contributed by atoms with van der Waals surface area (Å²) < 4.78 is 25.7. The lowest BCUT2D eigenvalue weighted by Gasteiger charge is -2.13. The van der Waals surface area contributed by atoms with Crippen LogP contribution in [-0.4, -0.2) is 49.6 Å². The average molecular weight is 415 g/mol. The Morgan fingerprint density at radius 2 is 2.25 bits per heavy atom. The van der Waals surface area contributed by atoms with Crippen LogP contribution in [0.5, 0.6) is 0 Å². The Labute approximate surface area is 165 Å². The minimum absolute atomic E-state index is 0.124. The zero-order valence-electron chi connectivity index (χ0n) is 15.2. The summed E-state index contributed by atoms with van der Waals surface area (Å²) in [5, 5.41) is 11.0. The van der Waals surface area contributed by atoms with Crippen LogP contribution in [0.1, 0.15) is 12.1 Å². The number of rotatable bonds is 4. The molecule has 0 amide bonds. The van der Waals surface area contributed by atoms with Gasteiger partial charge in [-0.25, -0.2) is 23.4 Å². The smallest absolute Gasteiger partial charge is 0.181 e. The largest absolute Gasteiger partial charge is 0.326 e. The topological polar surface area (TPSA) is 106 Å². The Kier molecular flexibility index (Phi) is 4.06. The van der Waals surface area contributed by atoms with Gasteiger partial charge in [0.2, 0.25) is 0 Å². The molecule has 4 aromatic heterocycles. The molecule has 0 aromatic carbocycles. The molecule has 1 unspecified atom stereocenters. The monoisotopic (exact) mass is 414 g/mol. The fourth-order valence-electron chi connectivity index (χ4n) is 3.67. The molecule has 1 atom stereocenters. The van der Waals surface area contributed by atoms with Crippen LogP contribution < -0.4 is 0 Å². The lowest BCUT2D eigenvalue weighted by atomic mass is 10.1. The van der Waals surface area contributed by atoms with E-state index in [2.05, 4.69) is 24.7 Å². The first-order valence-electron chi connectivity index (χ1n) is 8.98. The zero-order chi connectivity index (χ0) is 19.3. The van der Waals surface area contributed by atoms with E-state index in [9.17, 15) is 8.42 Å². The lowest BCUT2D eigenvalue weighted by molar-refractivity contribution is 0.487. The molecular formula is C18H18N6O2S2. The van der Waals surface area contributed by atoms with Gasteiger partial charge in [-0.15, -0.1) is 11.3 Å². The number of thiazole rings is 1. The minimum Gasteiger partial charge on any atom is -0.326 e. The Hall–Kier alpha value is -2.59. The number of aryl methyl sites for hydroxylation is 1. The quantitative estimate of drug-likeness (QED) is 0.550. The molecular weight excluding hydrogens is 396 g/mol. The summed E-state index contributed by atoms with van der Waals surface area (Å²) in [5.41, 5.74) is 3.30. The van der Waals surface area contributed by atoms with Crippen molar-refractivity contribution in [3.8, 4) is 22.2 Å². The lowest BCUT2D eigenvalue weighted by Crippen LogP contribution is -2.14. The normalized spacial score (nSPS) is 18.8. The molecule has 1 saturated heterocycles. The highest BCUT2D eigenvalue weighted by atomic mass is 32.2. The highest BCUT2D eigenvalue weighted by Crippen LogP contribution is 2.32. The van der Waals surface area contributed by atoms with Crippen molar-refractivity contribution < 1.29 is 8.42 Å². The SMILES string of the molecule is Cc1cnc(-c2nc(-c3[nH]nc4ncccc34)cs2)n1CC1CCS(=O)(=O)C1. The molecule has 1 fully saturated rings. The number of sulfone groups is 1. The van der Waals surface area contributed by atoms with Crippen molar-refractivity contribution in [3.63, 3.8) is 0 Å². The third kappa shape index (κ3) is 3.02. The van der Waals surface area contributed by atoms with Crippen molar-refractivity contribution in [1.29, 1.82) is 0 Å². The fraction of sp³-hybridized carbons (Fsp3) is 0.333. The average Bonchev–Trinajstić information content (AvgIpc) is 3.42. The highest BCUT2D eigenvalue weighted by molar-refractivity contribution is 7.91. The number of nitrogens with zero attached hydrogens (tertiary/aromatic N) is 5. The molecule has 0 radical (unpaired) electrons. The van der Waals surface area contributed by atoms with E-state index in [1.165, 1.54) is 11.3 Å². The van der Waals surface area contributed by atoms with Crippen LogP contribution >= 0.6 is 11.3 Å². The Morgan fingerprint density at radius 1 is 1.36 bits per heavy atom. The summed E-state index contributed by atoms with van der Waals surface area (Å²) in [6.07, 6.45) is 4.23. The van der Waals surface area contributed by atoms with Gasteiger partial charge >= 0.3 is 0 Å². The molecule has 10 heteroatoms. The minimum atomic E-state index is -2.90. The van der Waals surface area contributed by atoms with Crippen LogP contribution in [0.2, 0.25) is 0 Å². The summed E-state index contributed by atoms with van der Waals surface area (Å²) in [5.74, 6) is 1.43. The molecule has 4 aromatic rings. The first kappa shape index (κ1) is 17.5. The van der Waals surface area contributed by atoms with Gasteiger partial charge in [0.15, 0.2) is 26.3 Å². The first-order chi connectivity index (χ1) is 13.5. The molecule has 1 aliphatic heterocycles. The summed E-state index contributed by atoms with van der Waals surface area (Å²) >= 11 is 1.51. The molecule has 0 bridgehead atoms. The summed E-state index contributed by atoms with van der Waals surface area (Å²) in [6, 6.07) is 3.84. The maximum atomic E-state index is 11.8. The van der Waals surface area contributed by atoms with Crippen LogP contribution in [0.3, 0.4) is 0 Å². The molecule has 5 rings (SSSR count). The van der Waals surface area contributed by atoms with Gasteiger partial charge in [0.1, 0.15) is 5.69 Å². The number of nitrogens with one attached hydrogen (secondary N) is 1. The van der Waals surface area contributed by atoms with Crippen LogP contribution in [-0.2, 0) is 16.4 Å². The summed E-state index contributed by atoms with van der Waals surface area (Å²) in [7, 11) is -2.90. The van der Waals surface area contributed by atoms with Gasteiger partial charge in [0, 0.05) is 35.4 Å². The Balaban J connectivity index is 1.48. The van der Waals surface area contributed by atoms with Gasteiger partial charge < -0.3 is 4.57 Å². The fourth-order valence-corrected chi connectivity index (χ4v) is 6.34. The van der Waals surface area contributed by atoms with Gasteiger partial charge in [-0.05, 0) is 31.4 Å². The standard InChI is InChI=1S/C18H18N6O2S2/c1-11-7-20-17(24(11)8-12-4-6-28(25,26)10-12)18-21-14(9-27-18)15-13-3-2-5-19-16(13)23-22-15/h2-3,5,7,9,12H,4,6,8,10H2,1H3,(H,19,22,23). The van der Waals surface area contributed by atoms with Crippen molar-refractivity contribution in [2.24, 2.45) is 5.92 Å². The predicted molar refractivity (Wildman–Crippen MR) is 108 cm³/mol. The molecule has 0 spiro atoms. The molecule has 1 N–H and O–H groups in total. The van der Waals surface area contributed by atoms with Gasteiger partial charge in [-0.3, -0.25) is 5.10 Å². The maximum absolute atomic E-state index is 11.8. The van der Waals surface area contributed by atoms with Gasteiger partial charge in [0.25, 0.3) is 0 Å². The summed E-state index contributed by atoms with van der Waals surface area (Å²) in [4.78, 5) is 13.6. The number of aromatic amines is 1. The molecule has 1 aliphatic rings. The van der Waals surface area contributed by atoms with Crippen molar-refractivity contribution in [2.75, 3.05) is 11.5 Å². The van der Waals surface area contributed by atoms with Gasteiger partial charge in [-0.1, -0.05) is 0 Å². The zero-order valence-corrected chi connectivity index (χ0v) is 16.8. The number of fused-ring (bicyclic) bond motifs is 1. The van der Waals surface area contributed by atoms with E-state index in [1.54, 1.807) is 6.20 Å². The van der Waals surface area contributed by atoms with Crippen molar-refractivity contribution in [2.45, 2.75) is 19.9 Å². The van der Waals surface area contributed by atoms with Crippen LogP contribution in [0, 0.1) is 12.8 Å². The molecule has 144 valence electrons. The van der Waals surface area contributed by atoms with E-state index >= 15 is 0 Å².